The van der Waals surface area contributed by atoms with Gasteiger partial charge in [-0.2, -0.15) is 4.37 Å². The van der Waals surface area contributed by atoms with E-state index in [4.69, 9.17) is 15.9 Å². The summed E-state index contributed by atoms with van der Waals surface area (Å²) in [7, 11) is 1.27. The molecule has 3 amide bonds. The van der Waals surface area contributed by atoms with E-state index in [2.05, 4.69) is 44.5 Å². The van der Waals surface area contributed by atoms with Gasteiger partial charge in [0.1, 0.15) is 23.0 Å². The topological polar surface area (TPSA) is 136 Å². The molecule has 1 aromatic heterocycles. The van der Waals surface area contributed by atoms with E-state index in [1.165, 1.54) is 41.7 Å². The molecule has 0 saturated heterocycles. The number of amides is 3. The minimum absolute atomic E-state index is 0.0964. The zero-order valence-electron chi connectivity index (χ0n) is 26.7. The van der Waals surface area contributed by atoms with Crippen LogP contribution in [0.5, 0.6) is 11.5 Å². The Labute approximate surface area is 280 Å². The minimum Gasteiger partial charge on any atom is -0.481 e. The highest BCUT2D eigenvalue weighted by Gasteiger charge is 2.31. The van der Waals surface area contributed by atoms with E-state index in [0.29, 0.717) is 33.4 Å². The van der Waals surface area contributed by atoms with Gasteiger partial charge in [-0.05, 0) is 48.2 Å². The quantitative estimate of drug-likeness (QED) is 0.247. The van der Waals surface area contributed by atoms with Gasteiger partial charge in [0.15, 0.2) is 12.4 Å². The van der Waals surface area contributed by atoms with Crippen molar-refractivity contribution in [1.82, 2.24) is 8.94 Å². The third kappa shape index (κ3) is 8.18. The summed E-state index contributed by atoms with van der Waals surface area (Å²) >= 11 is 1.24. The number of fused-ring (bicyclic) bond motifs is 2. The molecule has 4 aromatic rings. The van der Waals surface area contributed by atoms with Crippen molar-refractivity contribution in [1.29, 1.82) is 0 Å². The number of nitrogens with one attached hydrogen (secondary N) is 2. The van der Waals surface area contributed by atoms with Crippen LogP contribution in [0.3, 0.4) is 0 Å². The maximum atomic E-state index is 14.5. The predicted octanol–water partition coefficient (Wildman–Crippen LogP) is 6.04. The van der Waals surface area contributed by atoms with E-state index in [0.717, 1.165) is 24.4 Å². The normalized spacial score (nSPS) is 14.4. The molecule has 0 fully saturated rings. The van der Waals surface area contributed by atoms with Crippen molar-refractivity contribution in [2.24, 2.45) is 10.4 Å². The fraction of sp³-hybridized carbons (Fsp3) is 0.265. The molecule has 48 heavy (non-hydrogen) atoms. The zero-order chi connectivity index (χ0) is 34.4. The first-order valence-electron chi connectivity index (χ1n) is 14.8. The number of methoxy groups -OCH3 is 1. The molecule has 0 unspecified atom stereocenters. The van der Waals surface area contributed by atoms with Crippen LogP contribution in [0.2, 0.25) is 0 Å². The number of carbonyl (C=O) groups excluding carboxylic acids is 3. The molecule has 2 aliphatic rings. The van der Waals surface area contributed by atoms with Crippen LogP contribution in [0.4, 0.5) is 36.7 Å². The van der Waals surface area contributed by atoms with Gasteiger partial charge in [0.05, 0.1) is 19.3 Å². The Kier molecular flexibility index (Phi) is 10.1. The second kappa shape index (κ2) is 14.4. The van der Waals surface area contributed by atoms with Gasteiger partial charge in [-0.1, -0.05) is 38.0 Å². The number of halogens is 1. The summed E-state index contributed by atoms with van der Waals surface area (Å²) in [5.74, 6) is 3.23. The first kappa shape index (κ1) is 33.7. The van der Waals surface area contributed by atoms with Gasteiger partial charge < -0.3 is 18.8 Å². The largest absolute Gasteiger partial charge is 0.481 e. The van der Waals surface area contributed by atoms with Crippen LogP contribution < -0.4 is 29.8 Å². The van der Waals surface area contributed by atoms with Gasteiger partial charge in [0.25, 0.3) is 5.91 Å². The average molecular weight is 673 g/mol. The fourth-order valence-corrected chi connectivity index (χ4v) is 5.78. The van der Waals surface area contributed by atoms with Crippen molar-refractivity contribution in [3.05, 3.63) is 82.7 Å². The standard InChI is InChI=1S/C18H17FN4O2S.C16H16N2O4/c1-4-5-22-13-7-12(11(19)6-14(13)25-9-16(22)24)20-17-23-10-18(2,3)8-15(23)21-26-17;1-11-5-3-6-12(9-11)18-16(20)22-14-8-4-7-13(10-14)17-15(19)21-2/h1,6-7H,5,8-10H2,2-3H3;3-10H,1-2H3,(H,17,19)(H,18,20)/b20-17-;. The van der Waals surface area contributed by atoms with Crippen LogP contribution in [-0.4, -0.2) is 47.3 Å². The number of hydrogen-bond donors (Lipinski definition) is 2. The molecule has 2 aliphatic heterocycles. The van der Waals surface area contributed by atoms with Crippen molar-refractivity contribution in [2.75, 3.05) is 35.8 Å². The van der Waals surface area contributed by atoms with E-state index in [-0.39, 0.29) is 30.2 Å². The Bertz CT molecular complexity index is 1980. The Morgan fingerprint density at radius 1 is 1.12 bits per heavy atom. The number of benzene rings is 3. The Balaban J connectivity index is 0.000000191. The van der Waals surface area contributed by atoms with Crippen molar-refractivity contribution in [3.8, 4) is 23.8 Å². The molecule has 0 radical (unpaired) electrons. The Morgan fingerprint density at radius 3 is 2.58 bits per heavy atom. The molecule has 2 N–H and O–H groups in total. The molecule has 0 bridgehead atoms. The van der Waals surface area contributed by atoms with E-state index in [1.807, 2.05) is 29.7 Å². The maximum Gasteiger partial charge on any atom is 0.417 e. The maximum absolute atomic E-state index is 14.5. The van der Waals surface area contributed by atoms with Crippen molar-refractivity contribution in [2.45, 2.75) is 33.7 Å². The number of aryl methyl sites for hydroxylation is 1. The number of rotatable bonds is 5. The van der Waals surface area contributed by atoms with E-state index in [1.54, 1.807) is 24.3 Å². The van der Waals surface area contributed by atoms with Crippen LogP contribution in [-0.2, 0) is 22.5 Å². The highest BCUT2D eigenvalue weighted by atomic mass is 32.1. The molecule has 3 heterocycles. The number of hydrogen-bond acceptors (Lipinski definition) is 9. The molecule has 3 aromatic carbocycles. The highest BCUT2D eigenvalue weighted by molar-refractivity contribution is 7.02. The van der Waals surface area contributed by atoms with E-state index in [9.17, 15) is 18.8 Å². The van der Waals surface area contributed by atoms with Gasteiger partial charge >= 0.3 is 12.2 Å². The third-order valence-corrected chi connectivity index (χ3v) is 7.95. The summed E-state index contributed by atoms with van der Waals surface area (Å²) in [4.78, 5) is 41.5. The molecular weight excluding hydrogens is 639 g/mol. The SMILES string of the molecule is C#CCN1C(=O)COc2cc(F)c(/N=c3\snc4n3CC(C)(C)C4)cc21.COC(=O)Nc1cccc(OC(=O)Nc2cccc(C)c2)c1. The summed E-state index contributed by atoms with van der Waals surface area (Å²) in [6.45, 7) is 6.98. The van der Waals surface area contributed by atoms with Gasteiger partial charge in [0, 0.05) is 48.0 Å². The lowest BCUT2D eigenvalue weighted by molar-refractivity contribution is -0.121. The molecular formula is C34H33FN6O6S. The van der Waals surface area contributed by atoms with E-state index < -0.39 is 18.0 Å². The average Bonchev–Trinajstić information content (AvgIpc) is 3.54. The smallest absolute Gasteiger partial charge is 0.417 e. The lowest BCUT2D eigenvalue weighted by Crippen LogP contribution is -2.39. The molecule has 248 valence electrons. The summed E-state index contributed by atoms with van der Waals surface area (Å²) in [6.07, 6.45) is 5.01. The molecule has 14 heteroatoms. The first-order valence-corrected chi connectivity index (χ1v) is 15.5. The summed E-state index contributed by atoms with van der Waals surface area (Å²) in [6, 6.07) is 16.6. The summed E-state index contributed by atoms with van der Waals surface area (Å²) in [5.41, 5.74) is 2.82. The Morgan fingerprint density at radius 2 is 1.85 bits per heavy atom. The number of nitrogens with zero attached hydrogens (tertiary/aromatic N) is 4. The van der Waals surface area contributed by atoms with Crippen molar-refractivity contribution in [3.63, 3.8) is 0 Å². The second-order valence-corrected chi connectivity index (χ2v) is 12.4. The first-order chi connectivity index (χ1) is 22.9. The number of anilines is 3. The van der Waals surface area contributed by atoms with Crippen LogP contribution in [0.15, 0.2) is 65.7 Å². The minimum atomic E-state index is -0.610. The van der Waals surface area contributed by atoms with Crippen molar-refractivity contribution < 1.29 is 33.0 Å². The van der Waals surface area contributed by atoms with Gasteiger partial charge in [-0.3, -0.25) is 20.3 Å². The van der Waals surface area contributed by atoms with Crippen LogP contribution in [0.1, 0.15) is 25.2 Å². The lowest BCUT2D eigenvalue weighted by atomic mass is 9.92. The monoisotopic (exact) mass is 672 g/mol. The number of terminal acetylenes is 1. The summed E-state index contributed by atoms with van der Waals surface area (Å²) in [5, 5.41) is 5.12. The molecule has 0 spiro atoms. The molecule has 0 atom stereocenters. The van der Waals surface area contributed by atoms with Gasteiger partial charge in [0.2, 0.25) is 4.80 Å². The molecule has 12 nitrogen and oxygen atoms in total. The number of carbonyl (C=O) groups is 3. The van der Waals surface area contributed by atoms with Crippen LogP contribution in [0, 0.1) is 30.5 Å². The highest BCUT2D eigenvalue weighted by Crippen LogP contribution is 2.37. The molecule has 0 aliphatic carbocycles. The van der Waals surface area contributed by atoms with Crippen LogP contribution in [0.25, 0.3) is 0 Å². The summed E-state index contributed by atoms with van der Waals surface area (Å²) < 4.78 is 36.0. The fourth-order valence-electron chi connectivity index (χ4n) is 5.03. The zero-order valence-corrected chi connectivity index (χ0v) is 27.5. The third-order valence-electron chi connectivity index (χ3n) is 7.18. The number of ether oxygens (including phenoxy) is 3. The van der Waals surface area contributed by atoms with Gasteiger partial charge in [-0.25, -0.2) is 19.0 Å². The predicted molar refractivity (Wildman–Crippen MR) is 179 cm³/mol. The van der Waals surface area contributed by atoms with Gasteiger partial charge in [-0.15, -0.1) is 6.42 Å². The second-order valence-electron chi connectivity index (χ2n) is 11.7. The number of aromatic nitrogens is 2. The van der Waals surface area contributed by atoms with E-state index >= 15 is 0 Å². The van der Waals surface area contributed by atoms with Crippen LogP contribution >= 0.6 is 11.5 Å². The molecule has 6 rings (SSSR count). The molecule has 0 saturated carbocycles. The lowest BCUT2D eigenvalue weighted by Gasteiger charge is -2.28. The van der Waals surface area contributed by atoms with Crippen molar-refractivity contribution >= 4 is 52.4 Å². The Hall–Kier alpha value is -5.68.